The van der Waals surface area contributed by atoms with E-state index in [2.05, 4.69) is 31.3 Å². The third-order valence-corrected chi connectivity index (χ3v) is 4.74. The summed E-state index contributed by atoms with van der Waals surface area (Å²) in [5, 5.41) is 3.50. The van der Waals surface area contributed by atoms with Gasteiger partial charge in [0.05, 0.1) is 5.60 Å². The third kappa shape index (κ3) is 5.21. The summed E-state index contributed by atoms with van der Waals surface area (Å²) in [6.45, 7) is 7.74. The molecule has 1 saturated heterocycles. The summed E-state index contributed by atoms with van der Waals surface area (Å²) in [5.74, 6) is 1.51. The van der Waals surface area contributed by atoms with Gasteiger partial charge in [-0.15, -0.1) is 0 Å². The van der Waals surface area contributed by atoms with Gasteiger partial charge in [0.2, 0.25) is 0 Å². The van der Waals surface area contributed by atoms with Crippen molar-refractivity contribution in [1.82, 2.24) is 5.32 Å². The monoisotopic (exact) mass is 279 g/mol. The van der Waals surface area contributed by atoms with Crippen molar-refractivity contribution in [2.75, 3.05) is 19.7 Å². The fourth-order valence-corrected chi connectivity index (χ4v) is 3.64. The maximum atomic E-state index is 6.16. The molecular formula is C18H33NO. The summed E-state index contributed by atoms with van der Waals surface area (Å²) in [6, 6.07) is 0. The number of hydrogen-bond acceptors (Lipinski definition) is 2. The van der Waals surface area contributed by atoms with Gasteiger partial charge in [-0.25, -0.2) is 0 Å². The molecule has 116 valence electrons. The highest BCUT2D eigenvalue weighted by Gasteiger charge is 2.37. The molecular weight excluding hydrogens is 246 g/mol. The molecule has 2 rings (SSSR count). The van der Waals surface area contributed by atoms with Gasteiger partial charge in [-0.2, -0.15) is 0 Å². The zero-order valence-electron chi connectivity index (χ0n) is 13.5. The van der Waals surface area contributed by atoms with Crippen molar-refractivity contribution in [2.24, 2.45) is 11.8 Å². The van der Waals surface area contributed by atoms with Crippen LogP contribution in [0.15, 0.2) is 12.2 Å². The summed E-state index contributed by atoms with van der Waals surface area (Å²) in [5.41, 5.74) is 0.251. The second kappa shape index (κ2) is 8.19. The molecule has 0 aromatic rings. The minimum Gasteiger partial charge on any atom is -0.375 e. The van der Waals surface area contributed by atoms with Gasteiger partial charge in [0.25, 0.3) is 0 Å². The minimum atomic E-state index is 0.251. The van der Waals surface area contributed by atoms with Gasteiger partial charge in [0.1, 0.15) is 0 Å². The molecule has 1 atom stereocenters. The normalized spacial score (nSPS) is 26.6. The van der Waals surface area contributed by atoms with Crippen molar-refractivity contribution in [2.45, 2.75) is 70.8 Å². The molecule has 2 aliphatic rings. The van der Waals surface area contributed by atoms with Crippen molar-refractivity contribution in [1.29, 1.82) is 0 Å². The summed E-state index contributed by atoms with van der Waals surface area (Å²) in [4.78, 5) is 0. The average molecular weight is 279 g/mol. The van der Waals surface area contributed by atoms with E-state index < -0.39 is 0 Å². The Labute approximate surface area is 125 Å². The molecule has 2 nitrogen and oxygen atoms in total. The van der Waals surface area contributed by atoms with Crippen LogP contribution in [0.25, 0.3) is 0 Å². The maximum absolute atomic E-state index is 6.16. The molecule has 1 spiro atoms. The number of allylic oxidation sites excluding steroid dienone is 1. The second-order valence-corrected chi connectivity index (χ2v) is 7.16. The van der Waals surface area contributed by atoms with Gasteiger partial charge >= 0.3 is 0 Å². The Kier molecular flexibility index (Phi) is 6.57. The van der Waals surface area contributed by atoms with Crippen LogP contribution in [-0.4, -0.2) is 25.3 Å². The molecule has 1 aliphatic carbocycles. The van der Waals surface area contributed by atoms with Crippen molar-refractivity contribution in [3.8, 4) is 0 Å². The number of ether oxygens (including phenoxy) is 1. The van der Waals surface area contributed by atoms with Crippen molar-refractivity contribution in [3.63, 3.8) is 0 Å². The van der Waals surface area contributed by atoms with Crippen LogP contribution in [0, 0.1) is 11.8 Å². The highest BCUT2D eigenvalue weighted by atomic mass is 16.5. The van der Waals surface area contributed by atoms with E-state index in [1.165, 1.54) is 44.9 Å². The molecule has 2 heteroatoms. The first-order valence-electron chi connectivity index (χ1n) is 8.71. The van der Waals surface area contributed by atoms with E-state index in [-0.39, 0.29) is 5.60 Å². The highest BCUT2D eigenvalue weighted by molar-refractivity contribution is 4.97. The van der Waals surface area contributed by atoms with Crippen LogP contribution < -0.4 is 5.32 Å². The quantitative estimate of drug-likeness (QED) is 0.578. The summed E-state index contributed by atoms with van der Waals surface area (Å²) < 4.78 is 6.16. The van der Waals surface area contributed by atoms with Gasteiger partial charge in [-0.1, -0.05) is 45.3 Å². The SMILES string of the molecule is CC(C)CNCC/C=C/C1CCOC2(CCCCC2)C1. The Morgan fingerprint density at radius 1 is 1.25 bits per heavy atom. The van der Waals surface area contributed by atoms with Crippen LogP contribution in [-0.2, 0) is 4.74 Å². The molecule has 1 heterocycles. The predicted octanol–water partition coefficient (Wildman–Crippen LogP) is 4.31. The Balaban J connectivity index is 1.67. The molecule has 0 aromatic carbocycles. The van der Waals surface area contributed by atoms with Gasteiger partial charge in [-0.05, 0) is 57.0 Å². The molecule has 1 aliphatic heterocycles. The van der Waals surface area contributed by atoms with E-state index in [1.54, 1.807) is 0 Å². The number of nitrogens with one attached hydrogen (secondary N) is 1. The lowest BCUT2D eigenvalue weighted by Gasteiger charge is -2.43. The Bertz CT molecular complexity index is 286. The van der Waals surface area contributed by atoms with E-state index in [0.29, 0.717) is 0 Å². The molecule has 0 radical (unpaired) electrons. The first-order valence-corrected chi connectivity index (χ1v) is 8.71. The maximum Gasteiger partial charge on any atom is 0.0688 e. The zero-order valence-corrected chi connectivity index (χ0v) is 13.5. The Hall–Kier alpha value is -0.340. The zero-order chi connectivity index (χ0) is 14.3. The van der Waals surface area contributed by atoms with E-state index in [9.17, 15) is 0 Å². The third-order valence-electron chi connectivity index (χ3n) is 4.74. The minimum absolute atomic E-state index is 0.251. The van der Waals surface area contributed by atoms with Crippen LogP contribution in [0.2, 0.25) is 0 Å². The van der Waals surface area contributed by atoms with Crippen LogP contribution in [0.5, 0.6) is 0 Å². The van der Waals surface area contributed by atoms with Crippen LogP contribution in [0.1, 0.15) is 65.2 Å². The van der Waals surface area contributed by atoms with Gasteiger partial charge in [0, 0.05) is 6.61 Å². The molecule has 1 N–H and O–H groups in total. The molecule has 2 fully saturated rings. The van der Waals surface area contributed by atoms with E-state index >= 15 is 0 Å². The molecule has 0 amide bonds. The summed E-state index contributed by atoms with van der Waals surface area (Å²) in [7, 11) is 0. The number of rotatable bonds is 6. The second-order valence-electron chi connectivity index (χ2n) is 7.16. The van der Waals surface area contributed by atoms with Crippen molar-refractivity contribution < 1.29 is 4.74 Å². The number of hydrogen-bond donors (Lipinski definition) is 1. The van der Waals surface area contributed by atoms with Crippen molar-refractivity contribution in [3.05, 3.63) is 12.2 Å². The van der Waals surface area contributed by atoms with Crippen LogP contribution in [0.3, 0.4) is 0 Å². The topological polar surface area (TPSA) is 21.3 Å². The predicted molar refractivity (Wildman–Crippen MR) is 86.0 cm³/mol. The Morgan fingerprint density at radius 3 is 2.80 bits per heavy atom. The summed E-state index contributed by atoms with van der Waals surface area (Å²) in [6.07, 6.45) is 15.3. The molecule has 1 saturated carbocycles. The highest BCUT2D eigenvalue weighted by Crippen LogP contribution is 2.40. The Morgan fingerprint density at radius 2 is 2.05 bits per heavy atom. The fraction of sp³-hybridized carbons (Fsp3) is 0.889. The van der Waals surface area contributed by atoms with E-state index in [1.807, 2.05) is 0 Å². The fourth-order valence-electron chi connectivity index (χ4n) is 3.64. The van der Waals surface area contributed by atoms with E-state index in [4.69, 9.17) is 4.74 Å². The average Bonchev–Trinajstić information content (AvgIpc) is 2.43. The van der Waals surface area contributed by atoms with E-state index in [0.717, 1.165) is 38.0 Å². The van der Waals surface area contributed by atoms with Gasteiger partial charge in [-0.3, -0.25) is 0 Å². The molecule has 1 unspecified atom stereocenters. The van der Waals surface area contributed by atoms with Gasteiger partial charge in [0.15, 0.2) is 0 Å². The lowest BCUT2D eigenvalue weighted by Crippen LogP contribution is -2.41. The standard InChI is InChI=1S/C18H33NO/c1-16(2)15-19-12-7-4-8-17-9-13-20-18(14-17)10-5-3-6-11-18/h4,8,16-17,19H,3,5-7,9-15H2,1-2H3/b8-4+. The molecule has 20 heavy (non-hydrogen) atoms. The first kappa shape index (κ1) is 16.0. The summed E-state index contributed by atoms with van der Waals surface area (Å²) >= 11 is 0. The lowest BCUT2D eigenvalue weighted by atomic mass is 9.76. The first-order chi connectivity index (χ1) is 9.70. The molecule has 0 bridgehead atoms. The largest absolute Gasteiger partial charge is 0.375 e. The molecule has 0 aromatic heterocycles. The smallest absolute Gasteiger partial charge is 0.0688 e. The lowest BCUT2D eigenvalue weighted by molar-refractivity contribution is -0.111. The van der Waals surface area contributed by atoms with Gasteiger partial charge < -0.3 is 10.1 Å². The van der Waals surface area contributed by atoms with Crippen LogP contribution >= 0.6 is 0 Å². The van der Waals surface area contributed by atoms with Crippen molar-refractivity contribution >= 4 is 0 Å². The van der Waals surface area contributed by atoms with Crippen LogP contribution in [0.4, 0.5) is 0 Å².